The number of fused-ring (bicyclic) bond motifs is 1. The first-order valence-corrected chi connectivity index (χ1v) is 12.4. The van der Waals surface area contributed by atoms with Gasteiger partial charge in [0, 0.05) is 59.8 Å². The van der Waals surface area contributed by atoms with Crippen molar-refractivity contribution in [2.75, 3.05) is 11.1 Å². The lowest BCUT2D eigenvalue weighted by Crippen LogP contribution is -2.13. The number of hydrogen-bond donors (Lipinski definition) is 1. The summed E-state index contributed by atoms with van der Waals surface area (Å²) in [6.07, 6.45) is 2.63. The van der Waals surface area contributed by atoms with Crippen LogP contribution in [0.5, 0.6) is 0 Å². The van der Waals surface area contributed by atoms with E-state index in [1.165, 1.54) is 11.8 Å². The van der Waals surface area contributed by atoms with Gasteiger partial charge in [0.25, 0.3) is 0 Å². The number of Topliss-reactive ketones (excluding diaryl/α,β-unsaturated/α-hetero) is 1. The molecule has 0 aliphatic rings. The number of nitrogens with zero attached hydrogens (tertiary/aromatic N) is 4. The van der Waals surface area contributed by atoms with Crippen LogP contribution in [0.15, 0.2) is 53.8 Å². The molecule has 0 unspecified atom stereocenters. The molecule has 0 radical (unpaired) electrons. The molecule has 0 spiro atoms. The van der Waals surface area contributed by atoms with Crippen LogP contribution in [0.25, 0.3) is 10.9 Å². The summed E-state index contributed by atoms with van der Waals surface area (Å²) in [7, 11) is 1.85. The summed E-state index contributed by atoms with van der Waals surface area (Å²) in [5, 5.41) is 13.5. The molecule has 0 bridgehead atoms. The normalized spacial score (nSPS) is 11.2. The number of nitrogens with one attached hydrogen (secondary N) is 1. The van der Waals surface area contributed by atoms with Crippen molar-refractivity contribution in [2.24, 2.45) is 7.05 Å². The Bertz CT molecular complexity index is 1360. The van der Waals surface area contributed by atoms with E-state index in [9.17, 15) is 9.59 Å². The summed E-state index contributed by atoms with van der Waals surface area (Å²) < 4.78 is 3.92. The maximum atomic E-state index is 13.0. The number of rotatable bonds is 9. The van der Waals surface area contributed by atoms with Crippen molar-refractivity contribution < 1.29 is 9.59 Å². The average molecular weight is 496 g/mol. The van der Waals surface area contributed by atoms with Crippen LogP contribution in [0, 0.1) is 6.92 Å². The number of anilines is 1. The summed E-state index contributed by atoms with van der Waals surface area (Å²) in [4.78, 5) is 25.3. The highest BCUT2D eigenvalue weighted by molar-refractivity contribution is 7.99. The maximum absolute atomic E-state index is 13.0. The van der Waals surface area contributed by atoms with Crippen LogP contribution in [0.2, 0.25) is 5.02 Å². The standard InChI is InChI=1S/C25H26ClN5O2S/c1-4-31-14-19(18-7-5-6-8-21(18)31)22(32)15-34-25-29-28-23(30(25)3)11-12-24(33)27-17-10-9-16(2)20(26)13-17/h5-10,13-14H,4,11-12,15H2,1-3H3,(H,27,33). The second-order valence-electron chi connectivity index (χ2n) is 8.03. The molecule has 0 saturated heterocycles. The Morgan fingerprint density at radius 2 is 1.94 bits per heavy atom. The summed E-state index contributed by atoms with van der Waals surface area (Å²) in [6, 6.07) is 13.4. The van der Waals surface area contributed by atoms with E-state index < -0.39 is 0 Å². The number of hydrogen-bond acceptors (Lipinski definition) is 5. The van der Waals surface area contributed by atoms with E-state index >= 15 is 0 Å². The molecule has 2 aromatic heterocycles. The first kappa shape index (κ1) is 24.0. The van der Waals surface area contributed by atoms with E-state index in [2.05, 4.69) is 27.0 Å². The van der Waals surface area contributed by atoms with Gasteiger partial charge in [-0.05, 0) is 37.6 Å². The third kappa shape index (κ3) is 5.18. The van der Waals surface area contributed by atoms with E-state index in [1.807, 2.05) is 61.1 Å². The van der Waals surface area contributed by atoms with Crippen molar-refractivity contribution in [3.8, 4) is 0 Å². The number of aromatic nitrogens is 4. The smallest absolute Gasteiger partial charge is 0.224 e. The molecule has 0 fully saturated rings. The number of carbonyl (C=O) groups is 2. The van der Waals surface area contributed by atoms with Gasteiger partial charge in [0.2, 0.25) is 5.91 Å². The van der Waals surface area contributed by atoms with Crippen LogP contribution < -0.4 is 5.32 Å². The summed E-state index contributed by atoms with van der Waals surface area (Å²) in [5.41, 5.74) is 3.40. The van der Waals surface area contributed by atoms with Crippen LogP contribution in [0.3, 0.4) is 0 Å². The number of carbonyl (C=O) groups excluding carboxylic acids is 2. The molecule has 0 aliphatic carbocycles. The minimum atomic E-state index is -0.125. The highest BCUT2D eigenvalue weighted by atomic mass is 35.5. The SMILES string of the molecule is CCn1cc(C(=O)CSc2nnc(CCC(=O)Nc3ccc(C)c(Cl)c3)n2C)c2ccccc21. The summed E-state index contributed by atoms with van der Waals surface area (Å²) in [5.74, 6) is 0.876. The van der Waals surface area contributed by atoms with Crippen molar-refractivity contribution in [1.82, 2.24) is 19.3 Å². The van der Waals surface area contributed by atoms with Gasteiger partial charge < -0.3 is 14.5 Å². The fourth-order valence-corrected chi connectivity index (χ4v) is 4.74. The van der Waals surface area contributed by atoms with Crippen LogP contribution in [0.4, 0.5) is 5.69 Å². The monoisotopic (exact) mass is 495 g/mol. The molecule has 1 N–H and O–H groups in total. The molecule has 176 valence electrons. The molecule has 2 heterocycles. The molecule has 34 heavy (non-hydrogen) atoms. The molecule has 0 aliphatic heterocycles. The Morgan fingerprint density at radius 1 is 1.15 bits per heavy atom. The van der Waals surface area contributed by atoms with Gasteiger partial charge in [-0.25, -0.2) is 0 Å². The van der Waals surface area contributed by atoms with Gasteiger partial charge in [0.05, 0.1) is 5.75 Å². The Hall–Kier alpha value is -3.10. The van der Waals surface area contributed by atoms with Crippen LogP contribution in [-0.2, 0) is 24.8 Å². The quantitative estimate of drug-likeness (QED) is 0.252. The summed E-state index contributed by atoms with van der Waals surface area (Å²) in [6.45, 7) is 4.78. The van der Waals surface area contributed by atoms with Gasteiger partial charge >= 0.3 is 0 Å². The molecule has 7 nitrogen and oxygen atoms in total. The molecule has 4 rings (SSSR count). The number of halogens is 1. The highest BCUT2D eigenvalue weighted by Crippen LogP contribution is 2.25. The lowest BCUT2D eigenvalue weighted by atomic mass is 10.1. The van der Waals surface area contributed by atoms with E-state index in [0.29, 0.717) is 28.1 Å². The van der Waals surface area contributed by atoms with Gasteiger partial charge in [-0.1, -0.05) is 47.6 Å². The number of amides is 1. The minimum Gasteiger partial charge on any atom is -0.347 e. The van der Waals surface area contributed by atoms with Crippen molar-refractivity contribution in [3.05, 3.63) is 70.6 Å². The molecule has 1 amide bonds. The van der Waals surface area contributed by atoms with Crippen molar-refractivity contribution in [1.29, 1.82) is 0 Å². The zero-order chi connectivity index (χ0) is 24.2. The van der Waals surface area contributed by atoms with Crippen molar-refractivity contribution in [3.63, 3.8) is 0 Å². The maximum Gasteiger partial charge on any atom is 0.224 e. The van der Waals surface area contributed by atoms with Crippen LogP contribution in [0.1, 0.15) is 35.1 Å². The predicted octanol–water partition coefficient (Wildman–Crippen LogP) is 5.30. The van der Waals surface area contributed by atoms with E-state index in [0.717, 1.165) is 28.6 Å². The highest BCUT2D eigenvalue weighted by Gasteiger charge is 2.17. The first-order valence-electron chi connectivity index (χ1n) is 11.1. The van der Waals surface area contributed by atoms with Crippen molar-refractivity contribution in [2.45, 2.75) is 38.4 Å². The van der Waals surface area contributed by atoms with E-state index in [4.69, 9.17) is 11.6 Å². The van der Waals surface area contributed by atoms with Gasteiger partial charge in [-0.15, -0.1) is 10.2 Å². The second-order valence-corrected chi connectivity index (χ2v) is 9.38. The number of para-hydroxylation sites is 1. The van der Waals surface area contributed by atoms with Gasteiger partial charge in [0.15, 0.2) is 10.9 Å². The number of benzene rings is 2. The molecule has 0 saturated carbocycles. The molecular weight excluding hydrogens is 470 g/mol. The zero-order valence-electron chi connectivity index (χ0n) is 19.3. The first-order chi connectivity index (χ1) is 16.4. The Morgan fingerprint density at radius 3 is 2.71 bits per heavy atom. The topological polar surface area (TPSA) is 81.8 Å². The van der Waals surface area contributed by atoms with Gasteiger partial charge in [-0.3, -0.25) is 9.59 Å². The van der Waals surface area contributed by atoms with Crippen LogP contribution >= 0.6 is 23.4 Å². The van der Waals surface area contributed by atoms with E-state index in [1.54, 1.807) is 6.07 Å². The fourth-order valence-electron chi connectivity index (χ4n) is 3.75. The predicted molar refractivity (Wildman–Crippen MR) is 137 cm³/mol. The Balaban J connectivity index is 1.35. The Kier molecular flexibility index (Phi) is 7.38. The largest absolute Gasteiger partial charge is 0.347 e. The molecule has 0 atom stereocenters. The fraction of sp³-hybridized carbons (Fsp3) is 0.280. The average Bonchev–Trinajstić information content (AvgIpc) is 3.38. The molecule has 9 heteroatoms. The third-order valence-corrected chi connectivity index (χ3v) is 7.15. The van der Waals surface area contributed by atoms with Crippen molar-refractivity contribution >= 4 is 51.6 Å². The van der Waals surface area contributed by atoms with Gasteiger partial charge in [0.1, 0.15) is 5.82 Å². The zero-order valence-corrected chi connectivity index (χ0v) is 20.9. The Labute approximate surface area is 207 Å². The van der Waals surface area contributed by atoms with Crippen LogP contribution in [-0.4, -0.2) is 36.8 Å². The molecular formula is C25H26ClN5O2S. The number of thioether (sulfide) groups is 1. The number of aryl methyl sites for hydroxylation is 3. The van der Waals surface area contributed by atoms with E-state index in [-0.39, 0.29) is 23.9 Å². The number of ketones is 1. The second kappa shape index (κ2) is 10.4. The molecule has 2 aromatic carbocycles. The summed E-state index contributed by atoms with van der Waals surface area (Å²) >= 11 is 7.47. The third-order valence-electron chi connectivity index (χ3n) is 5.72. The molecule has 4 aromatic rings. The van der Waals surface area contributed by atoms with Gasteiger partial charge in [-0.2, -0.15) is 0 Å². The lowest BCUT2D eigenvalue weighted by Gasteiger charge is -2.07. The lowest BCUT2D eigenvalue weighted by molar-refractivity contribution is -0.116. The minimum absolute atomic E-state index is 0.0501.